The molecule has 3 rings (SSSR count). The van der Waals surface area contributed by atoms with Gasteiger partial charge in [0.15, 0.2) is 0 Å². The number of unbranched alkanes of at least 4 members (excludes halogenated alkanes) is 1. The first-order valence-corrected chi connectivity index (χ1v) is 10.5. The summed E-state index contributed by atoms with van der Waals surface area (Å²) < 4.78 is 31.7. The molecule has 2 aromatic carbocycles. The van der Waals surface area contributed by atoms with E-state index in [4.69, 9.17) is 14.2 Å². The van der Waals surface area contributed by atoms with E-state index in [0.717, 1.165) is 24.9 Å². The Morgan fingerprint density at radius 2 is 2.07 bits per heavy atom. The summed E-state index contributed by atoms with van der Waals surface area (Å²) in [6.07, 6.45) is 1.52. The van der Waals surface area contributed by atoms with Crippen LogP contribution in [0.25, 0.3) is 11.1 Å². The molecule has 2 N–H and O–H groups in total. The second-order valence-electron chi connectivity index (χ2n) is 7.84. The minimum absolute atomic E-state index is 0.376. The largest absolute Gasteiger partial charge is 0.497 e. The highest BCUT2D eigenvalue weighted by Crippen LogP contribution is 2.41. The van der Waals surface area contributed by atoms with E-state index in [1.54, 1.807) is 26.4 Å². The Labute approximate surface area is 178 Å². The van der Waals surface area contributed by atoms with Crippen molar-refractivity contribution in [2.45, 2.75) is 37.9 Å². The molecule has 30 heavy (non-hydrogen) atoms. The van der Waals surface area contributed by atoms with Gasteiger partial charge >= 0.3 is 0 Å². The first-order valence-electron chi connectivity index (χ1n) is 10.5. The molecule has 1 fully saturated rings. The summed E-state index contributed by atoms with van der Waals surface area (Å²) in [5.41, 5.74) is 1.23. The molecule has 0 aliphatic carbocycles. The number of nitrogens with one attached hydrogen (secondary N) is 1. The molecule has 6 heteroatoms. The van der Waals surface area contributed by atoms with Crippen LogP contribution in [0.2, 0.25) is 0 Å². The van der Waals surface area contributed by atoms with Crippen LogP contribution in [-0.4, -0.2) is 51.7 Å². The van der Waals surface area contributed by atoms with Crippen molar-refractivity contribution in [3.8, 4) is 16.9 Å². The maximum absolute atomic E-state index is 15.2. The highest BCUT2D eigenvalue weighted by atomic mass is 19.1. The van der Waals surface area contributed by atoms with Crippen LogP contribution in [0.15, 0.2) is 36.4 Å². The van der Waals surface area contributed by atoms with Crippen LogP contribution in [0.5, 0.6) is 5.75 Å². The summed E-state index contributed by atoms with van der Waals surface area (Å²) >= 11 is 0. The van der Waals surface area contributed by atoms with Gasteiger partial charge in [0.05, 0.1) is 13.7 Å². The van der Waals surface area contributed by atoms with E-state index < -0.39 is 11.7 Å². The Balaban J connectivity index is 2.09. The lowest BCUT2D eigenvalue weighted by Gasteiger charge is -2.40. The predicted octanol–water partition coefficient (Wildman–Crippen LogP) is 3.80. The highest BCUT2D eigenvalue weighted by Gasteiger charge is 2.42. The summed E-state index contributed by atoms with van der Waals surface area (Å²) in [6, 6.07) is 10.5. The van der Waals surface area contributed by atoms with Gasteiger partial charge in [-0.05, 0) is 61.1 Å². The number of morpholine rings is 1. The average Bonchev–Trinajstić information content (AvgIpc) is 2.76. The third kappa shape index (κ3) is 5.01. The topological polar surface area (TPSA) is 60.0 Å². The van der Waals surface area contributed by atoms with Gasteiger partial charge in [-0.3, -0.25) is 0 Å². The van der Waals surface area contributed by atoms with E-state index in [9.17, 15) is 5.11 Å². The number of aryl methyl sites for hydroxylation is 1. The second-order valence-corrected chi connectivity index (χ2v) is 7.84. The Kier molecular flexibility index (Phi) is 7.83. The molecule has 1 saturated heterocycles. The Bertz CT molecular complexity index is 838. The van der Waals surface area contributed by atoms with Crippen molar-refractivity contribution < 1.29 is 23.7 Å². The first kappa shape index (κ1) is 22.7. The lowest BCUT2D eigenvalue weighted by Crippen LogP contribution is -2.51. The van der Waals surface area contributed by atoms with E-state index in [-0.39, 0.29) is 5.82 Å². The van der Waals surface area contributed by atoms with Crippen molar-refractivity contribution in [3.05, 3.63) is 53.3 Å². The smallest absolute Gasteiger partial charge is 0.131 e. The van der Waals surface area contributed by atoms with Gasteiger partial charge in [-0.1, -0.05) is 18.2 Å². The minimum Gasteiger partial charge on any atom is -0.497 e. The third-order valence-electron chi connectivity index (χ3n) is 5.67. The summed E-state index contributed by atoms with van der Waals surface area (Å²) in [7, 11) is 3.25. The second kappa shape index (κ2) is 10.4. The Morgan fingerprint density at radius 3 is 2.77 bits per heavy atom. The number of methoxy groups -OCH3 is 2. The van der Waals surface area contributed by atoms with Crippen molar-refractivity contribution in [2.75, 3.05) is 40.5 Å². The number of hydrogen-bond donors (Lipinski definition) is 2. The molecule has 0 radical (unpaired) electrons. The summed E-state index contributed by atoms with van der Waals surface area (Å²) in [5.74, 6) is 0.276. The minimum atomic E-state index is -1.34. The van der Waals surface area contributed by atoms with Gasteiger partial charge in [0, 0.05) is 32.4 Å². The number of hydrogen-bond acceptors (Lipinski definition) is 5. The molecule has 1 aliphatic heterocycles. The van der Waals surface area contributed by atoms with E-state index in [1.165, 1.54) is 6.07 Å². The van der Waals surface area contributed by atoms with Crippen molar-refractivity contribution in [3.63, 3.8) is 0 Å². The van der Waals surface area contributed by atoms with Gasteiger partial charge in [-0.25, -0.2) is 4.39 Å². The van der Waals surface area contributed by atoms with Crippen molar-refractivity contribution >= 4 is 0 Å². The van der Waals surface area contributed by atoms with Gasteiger partial charge < -0.3 is 24.6 Å². The van der Waals surface area contributed by atoms with Crippen LogP contribution in [0.1, 0.15) is 30.4 Å². The van der Waals surface area contributed by atoms with Crippen molar-refractivity contribution in [1.29, 1.82) is 0 Å². The van der Waals surface area contributed by atoms with E-state index in [0.29, 0.717) is 48.6 Å². The van der Waals surface area contributed by atoms with Crippen LogP contribution < -0.4 is 10.1 Å². The van der Waals surface area contributed by atoms with Crippen LogP contribution >= 0.6 is 0 Å². The molecule has 0 bridgehead atoms. The zero-order valence-electron chi connectivity index (χ0n) is 18.0. The average molecular weight is 418 g/mol. The van der Waals surface area contributed by atoms with Crippen molar-refractivity contribution in [2.24, 2.45) is 0 Å². The molecular formula is C24H32FNO4. The summed E-state index contributed by atoms with van der Waals surface area (Å²) in [4.78, 5) is 0. The molecule has 0 unspecified atom stereocenters. The fourth-order valence-corrected chi connectivity index (χ4v) is 4.17. The lowest BCUT2D eigenvalue weighted by atomic mass is 9.79. The first-order chi connectivity index (χ1) is 14.5. The third-order valence-corrected chi connectivity index (χ3v) is 5.67. The lowest BCUT2D eigenvalue weighted by molar-refractivity contribution is -0.129. The van der Waals surface area contributed by atoms with Gasteiger partial charge in [-0.15, -0.1) is 0 Å². The number of rotatable bonds is 9. The SMILES string of the molecule is COCCCC[C@@](O)(c1cccc(F)c1-c1cc(C)cc(OC)c1)[C@H]1CNCCO1. The quantitative estimate of drug-likeness (QED) is 0.608. The molecular weight excluding hydrogens is 385 g/mol. The molecule has 1 aliphatic rings. The monoisotopic (exact) mass is 417 g/mol. The standard InChI is InChI=1S/C24H32FNO4/c1-17-13-18(15-19(14-17)29-3)23-20(7-6-8-21(23)25)24(27,9-4-5-11-28-2)22-16-26-10-12-30-22/h6-8,13-15,22,26-27H,4-5,9-12,16H2,1-3H3/t22-,24-/m1/s1. The molecule has 0 aromatic heterocycles. The predicted molar refractivity (Wildman–Crippen MR) is 115 cm³/mol. The summed E-state index contributed by atoms with van der Waals surface area (Å²) in [5, 5.41) is 15.3. The van der Waals surface area contributed by atoms with Gasteiger partial charge in [0.25, 0.3) is 0 Å². The van der Waals surface area contributed by atoms with Gasteiger partial charge in [-0.2, -0.15) is 0 Å². The highest BCUT2D eigenvalue weighted by molar-refractivity contribution is 5.71. The van der Waals surface area contributed by atoms with E-state index in [2.05, 4.69) is 5.32 Å². The number of halogens is 1. The number of ether oxygens (including phenoxy) is 3. The van der Waals surface area contributed by atoms with Crippen LogP contribution in [0.3, 0.4) is 0 Å². The maximum atomic E-state index is 15.2. The van der Waals surface area contributed by atoms with Crippen molar-refractivity contribution in [1.82, 2.24) is 5.32 Å². The molecule has 164 valence electrons. The molecule has 0 amide bonds. The molecule has 2 aromatic rings. The van der Waals surface area contributed by atoms with E-state index in [1.807, 2.05) is 25.1 Å². The van der Waals surface area contributed by atoms with Gasteiger partial charge in [0.1, 0.15) is 23.3 Å². The summed E-state index contributed by atoms with van der Waals surface area (Å²) in [6.45, 7) is 4.31. The molecule has 1 heterocycles. The Hall–Kier alpha value is -1.99. The Morgan fingerprint density at radius 1 is 1.23 bits per heavy atom. The maximum Gasteiger partial charge on any atom is 0.131 e. The molecule has 0 saturated carbocycles. The zero-order valence-corrected chi connectivity index (χ0v) is 18.0. The van der Waals surface area contributed by atoms with Crippen LogP contribution in [0.4, 0.5) is 4.39 Å². The van der Waals surface area contributed by atoms with Crippen LogP contribution in [-0.2, 0) is 15.1 Å². The fourth-order valence-electron chi connectivity index (χ4n) is 4.17. The van der Waals surface area contributed by atoms with Gasteiger partial charge in [0.2, 0.25) is 0 Å². The number of benzene rings is 2. The number of aliphatic hydroxyl groups is 1. The molecule has 5 nitrogen and oxygen atoms in total. The fraction of sp³-hybridized carbons (Fsp3) is 0.500. The molecule has 0 spiro atoms. The van der Waals surface area contributed by atoms with Crippen LogP contribution in [0, 0.1) is 12.7 Å². The van der Waals surface area contributed by atoms with E-state index >= 15 is 4.39 Å². The zero-order chi connectivity index (χ0) is 21.6. The normalized spacial score (nSPS) is 18.8. The molecule has 2 atom stereocenters.